The number of hydrogen-bond donors (Lipinski definition) is 0. The molecule has 35 heavy (non-hydrogen) atoms. The van der Waals surface area contributed by atoms with Crippen molar-refractivity contribution in [2.45, 2.75) is 19.0 Å². The third-order valence-electron chi connectivity index (χ3n) is 6.07. The van der Waals surface area contributed by atoms with Gasteiger partial charge in [0.25, 0.3) is 5.91 Å². The van der Waals surface area contributed by atoms with Gasteiger partial charge in [0.05, 0.1) is 39.6 Å². The van der Waals surface area contributed by atoms with E-state index in [9.17, 15) is 4.79 Å². The Hall–Kier alpha value is -3.84. The molecule has 0 bridgehead atoms. The van der Waals surface area contributed by atoms with Crippen molar-refractivity contribution in [3.8, 4) is 17.2 Å². The highest BCUT2D eigenvalue weighted by Gasteiger charge is 2.35. The minimum absolute atomic E-state index is 0.0869. The van der Waals surface area contributed by atoms with Crippen molar-refractivity contribution >= 4 is 11.6 Å². The smallest absolute Gasteiger partial charge is 0.257 e. The molecule has 3 aromatic rings. The van der Waals surface area contributed by atoms with Gasteiger partial charge in [0.15, 0.2) is 0 Å². The van der Waals surface area contributed by atoms with Crippen LogP contribution in [0.3, 0.4) is 0 Å². The summed E-state index contributed by atoms with van der Waals surface area (Å²) >= 11 is 0. The first kappa shape index (κ1) is 24.3. The summed E-state index contributed by atoms with van der Waals surface area (Å²) in [6.45, 7) is 0.895. The standard InChI is InChI=1S/C28H31N3O4/c1-30(18-20-9-6-5-7-10-20)19-28(32)31-26(24-16-23(34-3)13-14-27(24)35-4)17-25(29-31)21-11-8-12-22(15-21)33-2/h5-16,26H,17-19H2,1-4H3/t26-/m0/s1. The Kier molecular flexibility index (Phi) is 7.67. The van der Waals surface area contributed by atoms with Gasteiger partial charge in [-0.25, -0.2) is 5.01 Å². The lowest BCUT2D eigenvalue weighted by atomic mass is 9.97. The highest BCUT2D eigenvalue weighted by molar-refractivity contribution is 6.03. The van der Waals surface area contributed by atoms with Gasteiger partial charge in [0, 0.05) is 24.1 Å². The molecule has 1 aliphatic rings. The van der Waals surface area contributed by atoms with Crippen LogP contribution in [0, 0.1) is 0 Å². The molecule has 182 valence electrons. The van der Waals surface area contributed by atoms with Gasteiger partial charge in [0.1, 0.15) is 17.2 Å². The zero-order chi connectivity index (χ0) is 24.8. The zero-order valence-corrected chi connectivity index (χ0v) is 20.6. The second-order valence-electron chi connectivity index (χ2n) is 8.50. The van der Waals surface area contributed by atoms with E-state index in [-0.39, 0.29) is 18.5 Å². The summed E-state index contributed by atoms with van der Waals surface area (Å²) in [6, 6.07) is 23.1. The number of benzene rings is 3. The fourth-order valence-corrected chi connectivity index (χ4v) is 4.31. The highest BCUT2D eigenvalue weighted by atomic mass is 16.5. The van der Waals surface area contributed by atoms with Crippen molar-refractivity contribution in [2.24, 2.45) is 5.10 Å². The average molecular weight is 474 g/mol. The Bertz CT molecular complexity index is 1200. The van der Waals surface area contributed by atoms with Gasteiger partial charge in [-0.3, -0.25) is 9.69 Å². The predicted molar refractivity (Wildman–Crippen MR) is 136 cm³/mol. The molecule has 3 aromatic carbocycles. The van der Waals surface area contributed by atoms with Crippen LogP contribution in [-0.2, 0) is 11.3 Å². The van der Waals surface area contributed by atoms with E-state index in [1.807, 2.05) is 72.6 Å². The SMILES string of the molecule is COc1cccc(C2=NN(C(=O)CN(C)Cc3ccccc3)[C@H](c3cc(OC)ccc3OC)C2)c1. The van der Waals surface area contributed by atoms with E-state index in [0.29, 0.717) is 24.5 Å². The molecule has 1 atom stereocenters. The van der Waals surface area contributed by atoms with Gasteiger partial charge < -0.3 is 14.2 Å². The van der Waals surface area contributed by atoms with Crippen molar-refractivity contribution in [2.75, 3.05) is 34.9 Å². The van der Waals surface area contributed by atoms with Crippen LogP contribution in [0.2, 0.25) is 0 Å². The lowest BCUT2D eigenvalue weighted by molar-refractivity contribution is -0.134. The van der Waals surface area contributed by atoms with Gasteiger partial charge in [-0.15, -0.1) is 0 Å². The maximum atomic E-state index is 13.6. The molecule has 1 aliphatic heterocycles. The minimum atomic E-state index is -0.320. The number of nitrogens with zero attached hydrogens (tertiary/aromatic N) is 3. The summed E-state index contributed by atoms with van der Waals surface area (Å²) in [7, 11) is 6.83. The third-order valence-corrected chi connectivity index (χ3v) is 6.07. The molecule has 7 nitrogen and oxygen atoms in total. The van der Waals surface area contributed by atoms with Crippen LogP contribution in [0.25, 0.3) is 0 Å². The molecule has 0 unspecified atom stereocenters. The van der Waals surface area contributed by atoms with Gasteiger partial charge in [-0.2, -0.15) is 5.10 Å². The van der Waals surface area contributed by atoms with E-state index in [1.165, 1.54) is 0 Å². The van der Waals surface area contributed by atoms with Crippen LogP contribution in [0.5, 0.6) is 17.2 Å². The van der Waals surface area contributed by atoms with Gasteiger partial charge in [0.2, 0.25) is 0 Å². The fraction of sp³-hybridized carbons (Fsp3) is 0.286. The molecule has 0 aromatic heterocycles. The quantitative estimate of drug-likeness (QED) is 0.457. The molecule has 0 aliphatic carbocycles. The number of carbonyl (C=O) groups excluding carboxylic acids is 1. The van der Waals surface area contributed by atoms with Crippen LogP contribution in [0.15, 0.2) is 77.9 Å². The van der Waals surface area contributed by atoms with Crippen molar-refractivity contribution in [3.05, 3.63) is 89.5 Å². The van der Waals surface area contributed by atoms with Crippen molar-refractivity contribution in [3.63, 3.8) is 0 Å². The lowest BCUT2D eigenvalue weighted by Crippen LogP contribution is -2.36. The van der Waals surface area contributed by atoms with Gasteiger partial charge >= 0.3 is 0 Å². The number of hydrazone groups is 1. The topological polar surface area (TPSA) is 63.6 Å². The first-order valence-electron chi connectivity index (χ1n) is 11.5. The summed E-state index contributed by atoms with van der Waals surface area (Å²) in [5.74, 6) is 2.04. The number of amides is 1. The number of likely N-dealkylation sites (N-methyl/N-ethyl adjacent to an activating group) is 1. The van der Waals surface area contributed by atoms with E-state index in [4.69, 9.17) is 19.3 Å². The van der Waals surface area contributed by atoms with Crippen molar-refractivity contribution < 1.29 is 19.0 Å². The summed E-state index contributed by atoms with van der Waals surface area (Å²) in [4.78, 5) is 15.6. The van der Waals surface area contributed by atoms with E-state index >= 15 is 0 Å². The Morgan fingerprint density at radius 2 is 1.69 bits per heavy atom. The third kappa shape index (κ3) is 5.63. The number of methoxy groups -OCH3 is 3. The second kappa shape index (κ2) is 11.1. The molecule has 1 heterocycles. The zero-order valence-electron chi connectivity index (χ0n) is 20.6. The lowest BCUT2D eigenvalue weighted by Gasteiger charge is -2.26. The molecule has 0 N–H and O–H groups in total. The number of hydrogen-bond acceptors (Lipinski definition) is 6. The fourth-order valence-electron chi connectivity index (χ4n) is 4.31. The summed E-state index contributed by atoms with van der Waals surface area (Å²) in [5.41, 5.74) is 3.74. The van der Waals surface area contributed by atoms with E-state index in [0.717, 1.165) is 28.2 Å². The predicted octanol–water partition coefficient (Wildman–Crippen LogP) is 4.52. The Morgan fingerprint density at radius 1 is 0.943 bits per heavy atom. The second-order valence-corrected chi connectivity index (χ2v) is 8.50. The van der Waals surface area contributed by atoms with Crippen LogP contribution in [0.1, 0.15) is 29.2 Å². The maximum absolute atomic E-state index is 13.6. The first-order valence-corrected chi connectivity index (χ1v) is 11.5. The molecule has 1 amide bonds. The van der Waals surface area contributed by atoms with Crippen LogP contribution < -0.4 is 14.2 Å². The van der Waals surface area contributed by atoms with Crippen LogP contribution in [0.4, 0.5) is 0 Å². The maximum Gasteiger partial charge on any atom is 0.257 e. The monoisotopic (exact) mass is 473 g/mol. The molecule has 0 saturated heterocycles. The van der Waals surface area contributed by atoms with Gasteiger partial charge in [-0.1, -0.05) is 42.5 Å². The Labute approximate surface area is 206 Å². The molecule has 7 heteroatoms. The van der Waals surface area contributed by atoms with E-state index in [2.05, 4.69) is 12.1 Å². The van der Waals surface area contributed by atoms with Gasteiger partial charge in [-0.05, 0) is 42.9 Å². The summed E-state index contributed by atoms with van der Waals surface area (Å²) in [5, 5.41) is 6.40. The first-order chi connectivity index (χ1) is 17.0. The molecule has 0 fully saturated rings. The highest BCUT2D eigenvalue weighted by Crippen LogP contribution is 2.39. The number of ether oxygens (including phenoxy) is 3. The summed E-state index contributed by atoms with van der Waals surface area (Å²) < 4.78 is 16.5. The molecular formula is C28H31N3O4. The average Bonchev–Trinajstić information content (AvgIpc) is 3.34. The molecular weight excluding hydrogens is 442 g/mol. The van der Waals surface area contributed by atoms with Crippen LogP contribution in [-0.4, -0.2) is 56.4 Å². The molecule has 4 rings (SSSR count). The summed E-state index contributed by atoms with van der Waals surface area (Å²) in [6.07, 6.45) is 0.546. The van der Waals surface area contributed by atoms with Crippen molar-refractivity contribution in [1.82, 2.24) is 9.91 Å². The molecule has 0 radical (unpaired) electrons. The largest absolute Gasteiger partial charge is 0.497 e. The number of rotatable bonds is 9. The molecule has 0 saturated carbocycles. The van der Waals surface area contributed by atoms with Crippen molar-refractivity contribution in [1.29, 1.82) is 0 Å². The van der Waals surface area contributed by atoms with Crippen LogP contribution >= 0.6 is 0 Å². The Morgan fingerprint density at radius 3 is 2.40 bits per heavy atom. The normalized spacial score (nSPS) is 15.2. The number of carbonyl (C=O) groups is 1. The van der Waals surface area contributed by atoms with E-state index < -0.39 is 0 Å². The minimum Gasteiger partial charge on any atom is -0.497 e. The Balaban J connectivity index is 1.65. The molecule has 0 spiro atoms. The van der Waals surface area contributed by atoms with E-state index in [1.54, 1.807) is 26.3 Å².